The van der Waals surface area contributed by atoms with Crippen LogP contribution in [0.2, 0.25) is 0 Å². The van der Waals surface area contributed by atoms with Gasteiger partial charge in [0.15, 0.2) is 5.96 Å². The molecule has 0 aromatic carbocycles. The summed E-state index contributed by atoms with van der Waals surface area (Å²) in [6.45, 7) is 7.30. The van der Waals surface area contributed by atoms with Crippen LogP contribution in [0.25, 0.3) is 0 Å². The largest absolute Gasteiger partial charge is 0.357 e. The van der Waals surface area contributed by atoms with Crippen molar-refractivity contribution in [1.29, 1.82) is 0 Å². The third-order valence-corrected chi connectivity index (χ3v) is 6.82. The van der Waals surface area contributed by atoms with Crippen molar-refractivity contribution < 1.29 is 8.42 Å². The molecule has 3 rings (SSSR count). The summed E-state index contributed by atoms with van der Waals surface area (Å²) in [5.74, 6) is 1.38. The number of nitrogens with one attached hydrogen (secondary N) is 2. The van der Waals surface area contributed by atoms with E-state index in [1.807, 2.05) is 0 Å². The Morgan fingerprint density at radius 1 is 1.12 bits per heavy atom. The van der Waals surface area contributed by atoms with E-state index in [1.54, 1.807) is 4.31 Å². The molecule has 1 unspecified atom stereocenters. The van der Waals surface area contributed by atoms with Gasteiger partial charge in [0.25, 0.3) is 0 Å². The average Bonchev–Trinajstić information content (AvgIpc) is 3.32. The number of piperidine rings is 1. The van der Waals surface area contributed by atoms with Gasteiger partial charge in [-0.2, -0.15) is 0 Å². The second-order valence-corrected chi connectivity index (χ2v) is 9.66. The molecular formula is C17H33N5O2S. The Morgan fingerprint density at radius 3 is 2.44 bits per heavy atom. The van der Waals surface area contributed by atoms with Gasteiger partial charge in [-0.05, 0) is 44.9 Å². The molecule has 1 aliphatic carbocycles. The van der Waals surface area contributed by atoms with Crippen LogP contribution in [0.1, 0.15) is 39.0 Å². The fraction of sp³-hybridized carbons (Fsp3) is 0.941. The first-order valence-corrected chi connectivity index (χ1v) is 11.5. The molecule has 2 N–H and O–H groups in total. The quantitative estimate of drug-likeness (QED) is 0.524. The van der Waals surface area contributed by atoms with E-state index < -0.39 is 10.0 Å². The van der Waals surface area contributed by atoms with E-state index in [2.05, 4.69) is 22.5 Å². The van der Waals surface area contributed by atoms with Crippen LogP contribution in [-0.2, 0) is 10.0 Å². The zero-order chi connectivity index (χ0) is 17.9. The van der Waals surface area contributed by atoms with Crippen molar-refractivity contribution in [3.05, 3.63) is 0 Å². The molecule has 3 fully saturated rings. The first kappa shape index (κ1) is 18.9. The average molecular weight is 372 g/mol. The van der Waals surface area contributed by atoms with Crippen LogP contribution in [0.5, 0.6) is 0 Å². The maximum absolute atomic E-state index is 11.6. The van der Waals surface area contributed by atoms with Gasteiger partial charge in [-0.15, -0.1) is 0 Å². The number of nitrogens with zero attached hydrogens (tertiary/aromatic N) is 3. The minimum atomic E-state index is -3.04. The van der Waals surface area contributed by atoms with Crippen molar-refractivity contribution in [2.45, 2.75) is 51.1 Å². The molecule has 2 aliphatic heterocycles. The van der Waals surface area contributed by atoms with Crippen molar-refractivity contribution in [2.75, 3.05) is 45.5 Å². The van der Waals surface area contributed by atoms with Gasteiger partial charge in [0.05, 0.1) is 6.26 Å². The Labute approximate surface area is 152 Å². The molecule has 2 heterocycles. The molecule has 1 saturated carbocycles. The summed E-state index contributed by atoms with van der Waals surface area (Å²) >= 11 is 0. The minimum Gasteiger partial charge on any atom is -0.357 e. The number of hydrogen-bond acceptors (Lipinski definition) is 4. The molecule has 0 spiro atoms. The summed E-state index contributed by atoms with van der Waals surface area (Å²) in [6.07, 6.45) is 7.02. The van der Waals surface area contributed by atoms with Gasteiger partial charge in [-0.1, -0.05) is 0 Å². The Hall–Kier alpha value is -0.860. The van der Waals surface area contributed by atoms with E-state index in [9.17, 15) is 8.42 Å². The summed E-state index contributed by atoms with van der Waals surface area (Å²) in [5, 5.41) is 6.95. The van der Waals surface area contributed by atoms with Crippen LogP contribution in [0, 0.1) is 5.92 Å². The molecule has 144 valence electrons. The number of rotatable bonds is 6. The molecule has 7 nitrogen and oxygen atoms in total. The molecule has 0 aromatic rings. The first-order chi connectivity index (χ1) is 12.0. The van der Waals surface area contributed by atoms with Crippen molar-refractivity contribution in [2.24, 2.45) is 10.9 Å². The number of sulfonamides is 1. The lowest BCUT2D eigenvalue weighted by molar-refractivity contribution is 0.280. The van der Waals surface area contributed by atoms with Crippen molar-refractivity contribution in [3.63, 3.8) is 0 Å². The third kappa shape index (κ3) is 5.56. The van der Waals surface area contributed by atoms with E-state index in [-0.39, 0.29) is 0 Å². The van der Waals surface area contributed by atoms with Crippen molar-refractivity contribution in [1.82, 2.24) is 19.8 Å². The van der Waals surface area contributed by atoms with Crippen LogP contribution in [0.4, 0.5) is 0 Å². The SMILES string of the molecule is CCNC(=NCC1CCN(S(C)(=O)=O)CC1)NC1CCN(C2CC2)C1. The highest BCUT2D eigenvalue weighted by Gasteiger charge is 2.34. The van der Waals surface area contributed by atoms with Crippen LogP contribution in [0.3, 0.4) is 0 Å². The number of hydrogen-bond donors (Lipinski definition) is 2. The Morgan fingerprint density at radius 2 is 1.84 bits per heavy atom. The zero-order valence-corrected chi connectivity index (χ0v) is 16.4. The molecule has 0 amide bonds. The van der Waals surface area contributed by atoms with Gasteiger partial charge in [0.1, 0.15) is 0 Å². The topological polar surface area (TPSA) is 77.0 Å². The Bertz CT molecular complexity index is 568. The standard InChI is InChI=1S/C17H33N5O2S/c1-3-18-17(20-15-8-9-21(13-15)16-4-5-16)19-12-14-6-10-22(11-7-14)25(2,23)24/h14-16H,3-13H2,1-2H3,(H2,18,19,20). The van der Waals surface area contributed by atoms with Crippen molar-refractivity contribution in [3.8, 4) is 0 Å². The molecule has 3 aliphatic rings. The lowest BCUT2D eigenvalue weighted by atomic mass is 9.98. The Balaban J connectivity index is 1.46. The van der Waals surface area contributed by atoms with E-state index >= 15 is 0 Å². The number of likely N-dealkylation sites (tertiary alicyclic amines) is 1. The maximum Gasteiger partial charge on any atom is 0.211 e. The van der Waals surface area contributed by atoms with E-state index in [0.717, 1.165) is 44.5 Å². The molecule has 25 heavy (non-hydrogen) atoms. The monoisotopic (exact) mass is 371 g/mol. The fourth-order valence-corrected chi connectivity index (χ4v) is 4.71. The van der Waals surface area contributed by atoms with Crippen LogP contribution in [-0.4, -0.2) is 81.2 Å². The highest BCUT2D eigenvalue weighted by Crippen LogP contribution is 2.29. The lowest BCUT2D eigenvalue weighted by Gasteiger charge is -2.29. The zero-order valence-electron chi connectivity index (χ0n) is 15.6. The number of aliphatic imine (C=N–C) groups is 1. The van der Waals surface area contributed by atoms with E-state index in [4.69, 9.17) is 4.99 Å². The summed E-state index contributed by atoms with van der Waals surface area (Å²) in [6, 6.07) is 1.33. The van der Waals surface area contributed by atoms with E-state index in [0.29, 0.717) is 25.0 Å². The van der Waals surface area contributed by atoms with E-state index in [1.165, 1.54) is 32.1 Å². The van der Waals surface area contributed by atoms with Gasteiger partial charge < -0.3 is 10.6 Å². The molecule has 8 heteroatoms. The second-order valence-electron chi connectivity index (χ2n) is 7.68. The molecular weight excluding hydrogens is 338 g/mol. The molecule has 0 aromatic heterocycles. The van der Waals surface area contributed by atoms with Gasteiger partial charge in [-0.3, -0.25) is 9.89 Å². The van der Waals surface area contributed by atoms with Crippen LogP contribution >= 0.6 is 0 Å². The van der Waals surface area contributed by atoms with Gasteiger partial charge in [-0.25, -0.2) is 12.7 Å². The first-order valence-electron chi connectivity index (χ1n) is 9.69. The van der Waals surface area contributed by atoms with Crippen LogP contribution < -0.4 is 10.6 Å². The highest BCUT2D eigenvalue weighted by atomic mass is 32.2. The summed E-state index contributed by atoms with van der Waals surface area (Å²) in [4.78, 5) is 7.38. The maximum atomic E-state index is 11.6. The molecule has 1 atom stereocenters. The van der Waals surface area contributed by atoms with Crippen LogP contribution in [0.15, 0.2) is 4.99 Å². The highest BCUT2D eigenvalue weighted by molar-refractivity contribution is 7.88. The minimum absolute atomic E-state index is 0.472. The van der Waals surface area contributed by atoms with Crippen molar-refractivity contribution >= 4 is 16.0 Å². The second kappa shape index (κ2) is 8.22. The van der Waals surface area contributed by atoms with Gasteiger partial charge in [0.2, 0.25) is 10.0 Å². The predicted octanol–water partition coefficient (Wildman–Crippen LogP) is 0.450. The summed E-state index contributed by atoms with van der Waals surface area (Å²) in [5.41, 5.74) is 0. The molecule has 0 bridgehead atoms. The summed E-state index contributed by atoms with van der Waals surface area (Å²) < 4.78 is 24.8. The van der Waals surface area contributed by atoms with Gasteiger partial charge in [0, 0.05) is 51.4 Å². The normalized spacial score (nSPS) is 27.6. The summed E-state index contributed by atoms with van der Waals surface area (Å²) in [7, 11) is -3.04. The Kier molecular flexibility index (Phi) is 6.22. The fourth-order valence-electron chi connectivity index (χ4n) is 3.83. The lowest BCUT2D eigenvalue weighted by Crippen LogP contribution is -2.45. The molecule has 0 radical (unpaired) electrons. The van der Waals surface area contributed by atoms with Gasteiger partial charge >= 0.3 is 0 Å². The third-order valence-electron chi connectivity index (χ3n) is 5.52. The smallest absolute Gasteiger partial charge is 0.211 e. The number of guanidine groups is 1. The molecule has 2 saturated heterocycles. The predicted molar refractivity (Wildman–Crippen MR) is 101 cm³/mol.